The Morgan fingerprint density at radius 1 is 1.15 bits per heavy atom. The minimum absolute atomic E-state index is 0.121. The number of hydrogen-bond donors (Lipinski definition) is 2. The van der Waals surface area contributed by atoms with Crippen LogP contribution in [0, 0.1) is 0 Å². The van der Waals surface area contributed by atoms with Crippen LogP contribution in [0.2, 0.25) is 5.02 Å². The number of nitrogens with one attached hydrogen (secondary N) is 2. The van der Waals surface area contributed by atoms with E-state index >= 15 is 0 Å². The van der Waals surface area contributed by atoms with Crippen LogP contribution in [0.3, 0.4) is 0 Å². The lowest BCUT2D eigenvalue weighted by atomic mass is 10.1. The first-order valence-corrected chi connectivity index (χ1v) is 9.39. The van der Waals surface area contributed by atoms with Crippen LogP contribution < -0.4 is 15.4 Å². The van der Waals surface area contributed by atoms with Crippen molar-refractivity contribution in [2.75, 3.05) is 18.5 Å². The highest BCUT2D eigenvalue weighted by molar-refractivity contribution is 9.10. The Kier molecular flexibility index (Phi) is 7.94. The van der Waals surface area contributed by atoms with Crippen molar-refractivity contribution in [3.63, 3.8) is 0 Å². The Bertz CT molecular complexity index is 769. The third-order valence-electron chi connectivity index (χ3n) is 3.45. The summed E-state index contributed by atoms with van der Waals surface area (Å²) in [5, 5.41) is 5.99. The Labute approximate surface area is 166 Å². The molecule has 0 aliphatic heterocycles. The van der Waals surface area contributed by atoms with Gasteiger partial charge in [0.15, 0.2) is 5.75 Å². The number of halogens is 2. The highest BCUT2D eigenvalue weighted by Gasteiger charge is 2.13. The first-order chi connectivity index (χ1) is 12.5. The molecule has 2 aromatic rings. The van der Waals surface area contributed by atoms with Crippen molar-refractivity contribution in [2.24, 2.45) is 0 Å². The molecule has 2 rings (SSSR count). The smallest absolute Gasteiger partial charge is 0.226 e. The predicted octanol–water partition coefficient (Wildman–Crippen LogP) is 4.19. The van der Waals surface area contributed by atoms with E-state index in [9.17, 15) is 9.59 Å². The summed E-state index contributed by atoms with van der Waals surface area (Å²) >= 11 is 9.41. The van der Waals surface area contributed by atoms with E-state index in [2.05, 4.69) is 26.6 Å². The van der Waals surface area contributed by atoms with E-state index in [1.807, 2.05) is 37.3 Å². The molecule has 138 valence electrons. The molecule has 0 fully saturated rings. The molecule has 26 heavy (non-hydrogen) atoms. The molecule has 0 unspecified atom stereocenters. The molecule has 2 aromatic carbocycles. The highest BCUT2D eigenvalue weighted by Crippen LogP contribution is 2.36. The van der Waals surface area contributed by atoms with Gasteiger partial charge in [0, 0.05) is 18.0 Å². The zero-order valence-electron chi connectivity index (χ0n) is 14.4. The van der Waals surface area contributed by atoms with Crippen molar-refractivity contribution in [1.29, 1.82) is 0 Å². The maximum Gasteiger partial charge on any atom is 0.226 e. The second-order valence-corrected chi connectivity index (χ2v) is 6.80. The number of carbonyl (C=O) groups is 2. The van der Waals surface area contributed by atoms with E-state index in [1.54, 1.807) is 12.1 Å². The van der Waals surface area contributed by atoms with E-state index in [-0.39, 0.29) is 31.2 Å². The summed E-state index contributed by atoms with van der Waals surface area (Å²) < 4.78 is 6.21. The van der Waals surface area contributed by atoms with Gasteiger partial charge in [-0.1, -0.05) is 41.9 Å². The summed E-state index contributed by atoms with van der Waals surface area (Å²) in [5.74, 6) is 0.169. The lowest BCUT2D eigenvalue weighted by molar-refractivity contribution is -0.120. The van der Waals surface area contributed by atoms with E-state index in [4.69, 9.17) is 16.3 Å². The summed E-state index contributed by atoms with van der Waals surface area (Å²) in [6.45, 7) is 2.57. The lowest BCUT2D eigenvalue weighted by Gasteiger charge is -2.14. The van der Waals surface area contributed by atoms with Gasteiger partial charge in [0.1, 0.15) is 0 Å². The quantitative estimate of drug-likeness (QED) is 0.648. The fourth-order valence-corrected chi connectivity index (χ4v) is 3.24. The number of carbonyl (C=O) groups excluding carboxylic acids is 2. The van der Waals surface area contributed by atoms with E-state index in [1.165, 1.54) is 0 Å². The van der Waals surface area contributed by atoms with Crippen molar-refractivity contribution in [3.05, 3.63) is 57.5 Å². The van der Waals surface area contributed by atoms with Crippen LogP contribution >= 0.6 is 27.5 Å². The number of amides is 2. The second-order valence-electron chi connectivity index (χ2n) is 5.51. The minimum atomic E-state index is -0.236. The molecule has 2 N–H and O–H groups in total. The summed E-state index contributed by atoms with van der Waals surface area (Å²) in [5.41, 5.74) is 1.42. The first kappa shape index (κ1) is 20.3. The Morgan fingerprint density at radius 3 is 2.58 bits per heavy atom. The molecule has 0 spiro atoms. The number of hydrogen-bond acceptors (Lipinski definition) is 3. The van der Waals surface area contributed by atoms with Gasteiger partial charge in [0.25, 0.3) is 0 Å². The van der Waals surface area contributed by atoms with Gasteiger partial charge in [0.2, 0.25) is 11.8 Å². The number of anilines is 1. The maximum atomic E-state index is 12.2. The normalized spacial score (nSPS) is 10.3. The van der Waals surface area contributed by atoms with Crippen molar-refractivity contribution in [2.45, 2.75) is 19.8 Å². The lowest BCUT2D eigenvalue weighted by Crippen LogP contribution is -2.29. The number of ether oxygens (including phenoxy) is 1. The first-order valence-electron chi connectivity index (χ1n) is 8.22. The van der Waals surface area contributed by atoms with Gasteiger partial charge in [-0.15, -0.1) is 0 Å². The van der Waals surface area contributed by atoms with Gasteiger partial charge in [0.05, 0.1) is 23.2 Å². The Balaban J connectivity index is 1.84. The van der Waals surface area contributed by atoms with Gasteiger partial charge in [-0.25, -0.2) is 0 Å². The fourth-order valence-electron chi connectivity index (χ4n) is 2.32. The van der Waals surface area contributed by atoms with E-state index in [0.29, 0.717) is 27.5 Å². The average molecular weight is 440 g/mol. The third-order valence-corrected chi connectivity index (χ3v) is 4.26. The number of benzene rings is 2. The molecule has 0 aromatic heterocycles. The molecule has 5 nitrogen and oxygen atoms in total. The van der Waals surface area contributed by atoms with Gasteiger partial charge in [-0.3, -0.25) is 9.59 Å². The predicted molar refractivity (Wildman–Crippen MR) is 107 cm³/mol. The fraction of sp³-hybridized carbons (Fsp3) is 0.263. The average Bonchev–Trinajstić information content (AvgIpc) is 2.58. The van der Waals surface area contributed by atoms with E-state index in [0.717, 1.165) is 5.56 Å². The summed E-state index contributed by atoms with van der Waals surface area (Å²) in [7, 11) is 0. The van der Waals surface area contributed by atoms with Crippen LogP contribution in [0.5, 0.6) is 5.75 Å². The summed E-state index contributed by atoms with van der Waals surface area (Å²) in [6, 6.07) is 12.8. The topological polar surface area (TPSA) is 67.4 Å². The molecule has 2 amide bonds. The van der Waals surface area contributed by atoms with Crippen LogP contribution in [-0.2, 0) is 16.0 Å². The van der Waals surface area contributed by atoms with Gasteiger partial charge in [-0.05, 0) is 40.5 Å². The number of rotatable bonds is 8. The Morgan fingerprint density at radius 2 is 1.88 bits per heavy atom. The van der Waals surface area contributed by atoms with Crippen molar-refractivity contribution in [1.82, 2.24) is 5.32 Å². The zero-order chi connectivity index (χ0) is 18.9. The van der Waals surface area contributed by atoms with Crippen LogP contribution in [0.1, 0.15) is 18.9 Å². The van der Waals surface area contributed by atoms with Crippen molar-refractivity contribution >= 4 is 45.0 Å². The molecule has 0 atom stereocenters. The van der Waals surface area contributed by atoms with Gasteiger partial charge in [-0.2, -0.15) is 0 Å². The van der Waals surface area contributed by atoms with Crippen LogP contribution in [0.15, 0.2) is 46.9 Å². The molecule has 0 heterocycles. The molecule has 0 saturated heterocycles. The summed E-state index contributed by atoms with van der Waals surface area (Å²) in [4.78, 5) is 24.0. The molecule has 0 saturated carbocycles. The molecular weight excluding hydrogens is 420 g/mol. The molecule has 0 bridgehead atoms. The molecule has 7 heteroatoms. The highest BCUT2D eigenvalue weighted by atomic mass is 79.9. The third kappa shape index (κ3) is 6.35. The SMILES string of the molecule is CCOc1c(Br)cc(Cl)cc1NC(=O)CCNC(=O)Cc1ccccc1. The zero-order valence-corrected chi connectivity index (χ0v) is 16.7. The molecular formula is C19H20BrClN2O3. The maximum absolute atomic E-state index is 12.2. The van der Waals surface area contributed by atoms with Crippen molar-refractivity contribution < 1.29 is 14.3 Å². The van der Waals surface area contributed by atoms with Crippen LogP contribution in [-0.4, -0.2) is 25.0 Å². The second kappa shape index (κ2) is 10.2. The molecule has 0 aliphatic rings. The monoisotopic (exact) mass is 438 g/mol. The van der Waals surface area contributed by atoms with Crippen molar-refractivity contribution in [3.8, 4) is 5.75 Å². The largest absolute Gasteiger partial charge is 0.491 e. The Hall–Kier alpha value is -2.05. The van der Waals surface area contributed by atoms with Crippen LogP contribution in [0.4, 0.5) is 5.69 Å². The van der Waals surface area contributed by atoms with Gasteiger partial charge < -0.3 is 15.4 Å². The van der Waals surface area contributed by atoms with Gasteiger partial charge >= 0.3 is 0 Å². The molecule has 0 radical (unpaired) electrons. The minimum Gasteiger partial charge on any atom is -0.491 e. The molecule has 0 aliphatic carbocycles. The summed E-state index contributed by atoms with van der Waals surface area (Å²) in [6.07, 6.45) is 0.439. The van der Waals surface area contributed by atoms with E-state index < -0.39 is 0 Å². The standard InChI is InChI=1S/C19H20BrClN2O3/c1-2-26-19-15(20)11-14(21)12-16(19)23-17(24)8-9-22-18(25)10-13-6-4-3-5-7-13/h3-7,11-12H,2,8-10H2,1H3,(H,22,25)(H,23,24). The van der Waals surface area contributed by atoms with Crippen LogP contribution in [0.25, 0.3) is 0 Å².